The minimum Gasteiger partial charge on any atom is -0.390 e. The molecule has 10 rings (SSSR count). The van der Waals surface area contributed by atoms with Gasteiger partial charge in [-0.1, -0.05) is 45.4 Å². The summed E-state index contributed by atoms with van der Waals surface area (Å²) >= 11 is 15.5. The van der Waals surface area contributed by atoms with Crippen molar-refractivity contribution in [3.63, 3.8) is 0 Å². The Labute approximate surface area is 423 Å². The fourth-order valence-corrected chi connectivity index (χ4v) is 11.2. The van der Waals surface area contributed by atoms with E-state index in [4.69, 9.17) is 15.3 Å². The van der Waals surface area contributed by atoms with Gasteiger partial charge in [0, 0.05) is 64.2 Å². The fraction of sp³-hybridized carbons (Fsp3) is 0.632. The summed E-state index contributed by atoms with van der Waals surface area (Å²) in [6, 6.07) is 9.13. The van der Waals surface area contributed by atoms with Gasteiger partial charge in [0.1, 0.15) is 0 Å². The number of halogens is 14. The van der Waals surface area contributed by atoms with Gasteiger partial charge in [0.05, 0.1) is 22.3 Å². The molecule has 0 heterocycles. The molecule has 8 fully saturated rings. The summed E-state index contributed by atoms with van der Waals surface area (Å²) in [4.78, 5) is 29.0. The van der Waals surface area contributed by atoms with E-state index in [9.17, 15) is 41.4 Å². The summed E-state index contributed by atoms with van der Waals surface area (Å²) < 4.78 is 76.5. The second kappa shape index (κ2) is 25.8. The Morgan fingerprint density at radius 1 is 0.776 bits per heavy atom. The normalized spacial score (nSPS) is 31.6. The first-order chi connectivity index (χ1) is 26.1. The molecule has 0 aromatic heterocycles. The summed E-state index contributed by atoms with van der Waals surface area (Å²) in [6.45, 7) is 0. The molecule has 0 amide bonds. The Morgan fingerprint density at radius 2 is 1.19 bits per heavy atom. The van der Waals surface area contributed by atoms with Gasteiger partial charge in [-0.15, -0.1) is 24.0 Å². The van der Waals surface area contributed by atoms with E-state index in [1.165, 1.54) is 31.0 Å². The number of benzene rings is 2. The summed E-state index contributed by atoms with van der Waals surface area (Å²) in [5.41, 5.74) is 3.49. The number of carbonyl (C=O) groups is 1. The minimum atomic E-state index is -4.55. The zero-order valence-electron chi connectivity index (χ0n) is 30.0. The van der Waals surface area contributed by atoms with Crippen LogP contribution in [0.2, 0.25) is 0 Å². The minimum absolute atomic E-state index is 0. The maximum Gasteiger partial charge on any atom is 0.417 e. The monoisotopic (exact) mass is 1630 g/mol. The quantitative estimate of drug-likeness (QED) is 0.160. The Balaban J connectivity index is 0.000000428. The number of carbonyl (C=O) groups excluding carboxylic acids is 3. The van der Waals surface area contributed by atoms with Gasteiger partial charge in [-0.05, 0) is 142 Å². The number of rotatable bonds is 3. The van der Waals surface area contributed by atoms with Crippen LogP contribution in [0.1, 0.15) is 99.5 Å². The maximum absolute atomic E-state index is 13.3. The molecule has 0 aliphatic heterocycles. The predicted octanol–water partition coefficient (Wildman–Crippen LogP) is 10.8. The molecule has 2 aromatic carbocycles. The van der Waals surface area contributed by atoms with Gasteiger partial charge in [-0.2, -0.15) is 35.9 Å². The van der Waals surface area contributed by atoms with Crippen LogP contribution in [0.25, 0.3) is 0 Å². The van der Waals surface area contributed by atoms with Gasteiger partial charge in [-0.3, -0.25) is 4.79 Å². The third kappa shape index (κ3) is 16.6. The van der Waals surface area contributed by atoms with Crippen LogP contribution in [0, 0.1) is 41.4 Å². The standard InChI is InChI=1S/C19H20BrF3O2.C10H17NO.C7H4BrF3.CO2.CH4.I3.I2.HI/c20-13-1-2-14(16(5-13)19(21,22)23)17(24)6-15-11-3-10-4-12(15)9-18(25,7-10)8-11;11-9-7-1-6-2-8(9)5-10(12,3-6)4-7;8-6-3-1-2-5(4-6)7(9,10)11;2-1-3;;1-3-2;1-2;/h1-2,5,10-12,15,25H,3-4,6-9H2;6-9,12H,1-5,11H2;1-4H;;1H4;;;1H/q;;;;;-1;;. The van der Waals surface area contributed by atoms with E-state index in [-0.39, 0.29) is 72.9 Å². The zero-order valence-corrected chi connectivity index (χ0v) is 46.2. The second-order valence-electron chi connectivity index (χ2n) is 15.6. The third-order valence-corrected chi connectivity index (χ3v) is 12.9. The average Bonchev–Trinajstić information content (AvgIpc) is 3.09. The van der Waals surface area contributed by atoms with E-state index >= 15 is 0 Å². The molecule has 8 saturated carbocycles. The average molecular weight is 1630 g/mol. The van der Waals surface area contributed by atoms with Crippen LogP contribution >= 0.6 is 130 Å². The third-order valence-electron chi connectivity index (χ3n) is 11.9. The Kier molecular flexibility index (Phi) is 26.0. The molecule has 8 aliphatic rings. The Hall–Kier alpha value is 2.29. The van der Waals surface area contributed by atoms with Crippen molar-refractivity contribution in [2.24, 2.45) is 47.2 Å². The van der Waals surface area contributed by atoms with Crippen molar-refractivity contribution in [2.75, 3.05) is 0 Å². The molecule has 4 unspecified atom stereocenters. The van der Waals surface area contributed by atoms with Crippen LogP contribution in [-0.4, -0.2) is 39.4 Å². The van der Waals surface area contributed by atoms with Crippen molar-refractivity contribution < 1.29 is 64.2 Å². The number of hydrogen-bond acceptors (Lipinski definition) is 6. The summed E-state index contributed by atoms with van der Waals surface area (Å²) in [5.74, 6) is 2.82. The van der Waals surface area contributed by atoms with E-state index in [2.05, 4.69) is 106 Å². The predicted molar refractivity (Wildman–Crippen MR) is 259 cm³/mol. The molecule has 4 atom stereocenters. The number of hydrogen-bond donors (Lipinski definition) is 3. The van der Waals surface area contributed by atoms with E-state index in [1.807, 2.05) is 0 Å². The molecule has 6 nitrogen and oxygen atoms in total. The molecule has 0 saturated heterocycles. The van der Waals surface area contributed by atoms with E-state index in [0.717, 1.165) is 62.6 Å². The topological polar surface area (TPSA) is 118 Å². The van der Waals surface area contributed by atoms with Crippen LogP contribution < -0.4 is 19.0 Å². The maximum atomic E-state index is 13.3. The number of Topliss-reactive ketones (excluding diaryl/α,β-unsaturated/α-hetero) is 1. The fourth-order valence-electron chi connectivity index (χ4n) is 10.4. The van der Waals surface area contributed by atoms with Crippen molar-refractivity contribution in [3.8, 4) is 0 Å². The number of aliphatic hydroxyl groups is 2. The largest absolute Gasteiger partial charge is 0.417 e. The van der Waals surface area contributed by atoms with Gasteiger partial charge < -0.3 is 15.9 Å². The molecular formula is C38H46Br2F6I6NO5-. The molecule has 8 bridgehead atoms. The smallest absolute Gasteiger partial charge is 0.390 e. The molecule has 0 spiro atoms. The first kappa shape index (κ1) is 58.3. The van der Waals surface area contributed by atoms with Crippen LogP contribution in [-0.2, 0) is 21.9 Å². The number of nitrogens with two attached hydrogens (primary N) is 1. The van der Waals surface area contributed by atoms with Crippen LogP contribution in [0.4, 0.5) is 26.3 Å². The van der Waals surface area contributed by atoms with Gasteiger partial charge in [-0.25, -0.2) is 0 Å². The van der Waals surface area contributed by atoms with Crippen LogP contribution in [0.3, 0.4) is 0 Å². The van der Waals surface area contributed by atoms with E-state index in [0.29, 0.717) is 58.8 Å². The molecule has 58 heavy (non-hydrogen) atoms. The summed E-state index contributed by atoms with van der Waals surface area (Å²) in [7, 11) is 0. The summed E-state index contributed by atoms with van der Waals surface area (Å²) in [6.07, 6.45) is 1.49. The van der Waals surface area contributed by atoms with Crippen molar-refractivity contribution in [2.45, 2.75) is 108 Å². The van der Waals surface area contributed by atoms with Gasteiger partial charge in [0.15, 0.2) is 5.78 Å². The number of alkyl halides is 6. The van der Waals surface area contributed by atoms with Crippen molar-refractivity contribution in [1.82, 2.24) is 0 Å². The zero-order chi connectivity index (χ0) is 42.2. The van der Waals surface area contributed by atoms with Gasteiger partial charge in [0.25, 0.3) is 0 Å². The summed E-state index contributed by atoms with van der Waals surface area (Å²) in [5, 5.41) is 20.8. The molecule has 332 valence electrons. The first-order valence-corrected chi connectivity index (χ1v) is 38.0. The molecule has 2 aromatic rings. The van der Waals surface area contributed by atoms with Gasteiger partial charge in [0.2, 0.25) is 0 Å². The van der Waals surface area contributed by atoms with E-state index < -0.39 is 34.9 Å². The van der Waals surface area contributed by atoms with Crippen LogP contribution in [0.5, 0.6) is 0 Å². The second-order valence-corrected chi connectivity index (χ2v) is 33.7. The Bertz CT molecular complexity index is 1630. The van der Waals surface area contributed by atoms with Crippen molar-refractivity contribution >= 4 is 142 Å². The number of ketones is 1. The molecule has 20 heteroatoms. The molecular weight excluding hydrogens is 1590 g/mol. The molecule has 8 aliphatic carbocycles. The first-order valence-electron chi connectivity index (χ1n) is 17.6. The van der Waals surface area contributed by atoms with E-state index in [1.54, 1.807) is 6.07 Å². The molecule has 4 N–H and O–H groups in total. The van der Waals surface area contributed by atoms with Crippen molar-refractivity contribution in [1.29, 1.82) is 0 Å². The Morgan fingerprint density at radius 3 is 1.57 bits per heavy atom. The van der Waals surface area contributed by atoms with Gasteiger partial charge >= 0.3 is 69.0 Å². The van der Waals surface area contributed by atoms with Crippen molar-refractivity contribution in [3.05, 3.63) is 68.1 Å². The SMILES string of the molecule is C.FC(F)(F)c1cccc(Br)c1.I.II.I[I-]I.NC1C2CC3CC1CC(O)(C3)C2.O=C(CC1C2CC3CC1CC(O)(C3)C2)c1ccc(Br)cc1C(F)(F)F.O=C=O. The van der Waals surface area contributed by atoms with Crippen LogP contribution in [0.15, 0.2) is 51.4 Å². The molecule has 0 radical (unpaired) electrons.